The summed E-state index contributed by atoms with van der Waals surface area (Å²) in [6.07, 6.45) is 1.57. The molecule has 0 bridgehead atoms. The van der Waals surface area contributed by atoms with Crippen molar-refractivity contribution in [1.29, 1.82) is 0 Å². The number of rotatable bonds is 4. The molecule has 5 nitrogen and oxygen atoms in total. The highest BCUT2D eigenvalue weighted by Crippen LogP contribution is 2.22. The van der Waals surface area contributed by atoms with E-state index >= 15 is 0 Å². The van der Waals surface area contributed by atoms with E-state index in [2.05, 4.69) is 15.3 Å². The molecule has 132 valence electrons. The highest BCUT2D eigenvalue weighted by Gasteiger charge is 2.14. The molecule has 1 aromatic heterocycles. The predicted molar refractivity (Wildman–Crippen MR) is 103 cm³/mol. The van der Waals surface area contributed by atoms with E-state index in [0.717, 1.165) is 28.1 Å². The van der Waals surface area contributed by atoms with Crippen LogP contribution in [0.5, 0.6) is 5.75 Å². The molecule has 3 aromatic rings. The molecule has 0 unspecified atom stereocenters. The van der Waals surface area contributed by atoms with Gasteiger partial charge in [0.2, 0.25) is 0 Å². The molecule has 0 aliphatic carbocycles. The Morgan fingerprint density at radius 3 is 2.42 bits per heavy atom. The molecule has 0 aliphatic heterocycles. The van der Waals surface area contributed by atoms with Crippen molar-refractivity contribution in [2.45, 2.75) is 20.8 Å². The fourth-order valence-corrected chi connectivity index (χ4v) is 2.65. The molecule has 0 saturated carbocycles. The number of benzene rings is 2. The molecule has 2 aromatic carbocycles. The average Bonchev–Trinajstić information content (AvgIpc) is 2.65. The van der Waals surface area contributed by atoms with Crippen LogP contribution in [0.25, 0.3) is 11.4 Å². The molecule has 26 heavy (non-hydrogen) atoms. The first-order valence-electron chi connectivity index (χ1n) is 8.35. The van der Waals surface area contributed by atoms with Crippen LogP contribution in [0.15, 0.2) is 48.7 Å². The van der Waals surface area contributed by atoms with Gasteiger partial charge in [-0.15, -0.1) is 0 Å². The second-order valence-electron chi connectivity index (χ2n) is 6.12. The zero-order chi connectivity index (χ0) is 18.7. The molecule has 0 atom stereocenters. The first-order valence-corrected chi connectivity index (χ1v) is 8.35. The van der Waals surface area contributed by atoms with Gasteiger partial charge < -0.3 is 10.1 Å². The van der Waals surface area contributed by atoms with Crippen molar-refractivity contribution in [2.75, 3.05) is 12.4 Å². The second kappa shape index (κ2) is 7.35. The minimum absolute atomic E-state index is 0.211. The molecule has 1 amide bonds. The Morgan fingerprint density at radius 2 is 1.77 bits per heavy atom. The summed E-state index contributed by atoms with van der Waals surface area (Å²) >= 11 is 0. The van der Waals surface area contributed by atoms with Crippen molar-refractivity contribution in [3.63, 3.8) is 0 Å². The van der Waals surface area contributed by atoms with Crippen LogP contribution in [0.3, 0.4) is 0 Å². The lowest BCUT2D eigenvalue weighted by molar-refractivity contribution is 0.102. The maximum Gasteiger partial charge on any atom is 0.259 e. The zero-order valence-corrected chi connectivity index (χ0v) is 15.3. The van der Waals surface area contributed by atoms with Crippen LogP contribution in [0, 0.1) is 20.8 Å². The molecule has 1 heterocycles. The number of hydrogen-bond acceptors (Lipinski definition) is 4. The van der Waals surface area contributed by atoms with Gasteiger partial charge in [0.05, 0.1) is 18.4 Å². The summed E-state index contributed by atoms with van der Waals surface area (Å²) in [6, 6.07) is 13.3. The summed E-state index contributed by atoms with van der Waals surface area (Å²) in [5.41, 5.74) is 4.95. The number of ether oxygens (including phenoxy) is 1. The number of anilines is 1. The molecular formula is C21H21N3O2. The largest absolute Gasteiger partial charge is 0.497 e. The standard InChI is InChI=1S/C21H21N3O2/c1-13-6-5-7-19(14(13)2)24-21(25)18-12-22-20(23-15(18)3)16-8-10-17(26-4)11-9-16/h5-12H,1-4H3,(H,24,25). The lowest BCUT2D eigenvalue weighted by Gasteiger charge is -2.12. The van der Waals surface area contributed by atoms with E-state index in [-0.39, 0.29) is 5.91 Å². The molecule has 0 aliphatic rings. The minimum Gasteiger partial charge on any atom is -0.497 e. The van der Waals surface area contributed by atoms with E-state index in [9.17, 15) is 4.79 Å². The van der Waals surface area contributed by atoms with Gasteiger partial charge >= 0.3 is 0 Å². The van der Waals surface area contributed by atoms with Crippen molar-refractivity contribution in [3.8, 4) is 17.1 Å². The second-order valence-corrected chi connectivity index (χ2v) is 6.12. The minimum atomic E-state index is -0.211. The number of methoxy groups -OCH3 is 1. The summed E-state index contributed by atoms with van der Waals surface area (Å²) in [7, 11) is 1.62. The van der Waals surface area contributed by atoms with Crippen LogP contribution in [0.2, 0.25) is 0 Å². The molecule has 0 fully saturated rings. The van der Waals surface area contributed by atoms with Gasteiger partial charge in [0.15, 0.2) is 5.82 Å². The van der Waals surface area contributed by atoms with Gasteiger partial charge in [-0.1, -0.05) is 12.1 Å². The third kappa shape index (κ3) is 3.57. The highest BCUT2D eigenvalue weighted by atomic mass is 16.5. The van der Waals surface area contributed by atoms with Crippen LogP contribution in [-0.2, 0) is 0 Å². The van der Waals surface area contributed by atoms with Gasteiger partial charge in [-0.05, 0) is 62.2 Å². The predicted octanol–water partition coefficient (Wildman–Crippen LogP) is 4.33. The van der Waals surface area contributed by atoms with Crippen LogP contribution in [-0.4, -0.2) is 23.0 Å². The molecule has 0 radical (unpaired) electrons. The Kier molecular flexibility index (Phi) is 4.98. The van der Waals surface area contributed by atoms with Gasteiger partial charge in [0.25, 0.3) is 5.91 Å². The van der Waals surface area contributed by atoms with E-state index in [0.29, 0.717) is 17.1 Å². The van der Waals surface area contributed by atoms with E-state index in [1.807, 2.05) is 63.2 Å². The third-order valence-corrected chi connectivity index (χ3v) is 4.43. The fraction of sp³-hybridized carbons (Fsp3) is 0.190. The molecule has 0 saturated heterocycles. The monoisotopic (exact) mass is 347 g/mol. The number of aromatic nitrogens is 2. The Hall–Kier alpha value is -3.21. The fourth-order valence-electron chi connectivity index (χ4n) is 2.65. The maximum absolute atomic E-state index is 12.6. The van der Waals surface area contributed by atoms with Gasteiger partial charge in [-0.3, -0.25) is 4.79 Å². The number of aryl methyl sites for hydroxylation is 2. The summed E-state index contributed by atoms with van der Waals surface area (Å²) in [5, 5.41) is 2.95. The molecule has 0 spiro atoms. The topological polar surface area (TPSA) is 64.1 Å². The lowest BCUT2D eigenvalue weighted by atomic mass is 10.1. The van der Waals surface area contributed by atoms with Crippen LogP contribution < -0.4 is 10.1 Å². The van der Waals surface area contributed by atoms with Gasteiger partial charge in [-0.25, -0.2) is 9.97 Å². The molecule has 1 N–H and O–H groups in total. The smallest absolute Gasteiger partial charge is 0.259 e. The Labute approximate surface area is 153 Å². The van der Waals surface area contributed by atoms with Gasteiger partial charge in [0.1, 0.15) is 5.75 Å². The van der Waals surface area contributed by atoms with E-state index in [1.165, 1.54) is 0 Å². The van der Waals surface area contributed by atoms with Crippen LogP contribution in [0.1, 0.15) is 27.2 Å². The molecular weight excluding hydrogens is 326 g/mol. The van der Waals surface area contributed by atoms with E-state index < -0.39 is 0 Å². The van der Waals surface area contributed by atoms with Gasteiger partial charge in [0, 0.05) is 17.4 Å². The third-order valence-electron chi connectivity index (χ3n) is 4.43. The average molecular weight is 347 g/mol. The first-order chi connectivity index (χ1) is 12.5. The Balaban J connectivity index is 1.84. The van der Waals surface area contributed by atoms with Crippen molar-refractivity contribution >= 4 is 11.6 Å². The van der Waals surface area contributed by atoms with Crippen molar-refractivity contribution in [1.82, 2.24) is 9.97 Å². The number of carbonyl (C=O) groups excluding carboxylic acids is 1. The number of nitrogens with zero attached hydrogens (tertiary/aromatic N) is 2. The number of carbonyl (C=O) groups is 1. The maximum atomic E-state index is 12.6. The Bertz CT molecular complexity index is 950. The SMILES string of the molecule is COc1ccc(-c2ncc(C(=O)Nc3cccc(C)c3C)c(C)n2)cc1. The lowest BCUT2D eigenvalue weighted by Crippen LogP contribution is -2.16. The Morgan fingerprint density at radius 1 is 1.04 bits per heavy atom. The molecule has 3 rings (SSSR count). The zero-order valence-electron chi connectivity index (χ0n) is 15.3. The first kappa shape index (κ1) is 17.6. The normalized spacial score (nSPS) is 10.5. The summed E-state index contributed by atoms with van der Waals surface area (Å²) < 4.78 is 5.16. The molecule has 5 heteroatoms. The van der Waals surface area contributed by atoms with Crippen LogP contribution >= 0.6 is 0 Å². The quantitative estimate of drug-likeness (QED) is 0.763. The van der Waals surface area contributed by atoms with E-state index in [4.69, 9.17) is 4.74 Å². The number of amides is 1. The highest BCUT2D eigenvalue weighted by molar-refractivity contribution is 6.05. The summed E-state index contributed by atoms with van der Waals surface area (Å²) in [5.74, 6) is 1.14. The van der Waals surface area contributed by atoms with Gasteiger partial charge in [-0.2, -0.15) is 0 Å². The van der Waals surface area contributed by atoms with Crippen LogP contribution in [0.4, 0.5) is 5.69 Å². The number of nitrogens with one attached hydrogen (secondary N) is 1. The van der Waals surface area contributed by atoms with Crippen molar-refractivity contribution < 1.29 is 9.53 Å². The van der Waals surface area contributed by atoms with Crippen molar-refractivity contribution in [3.05, 3.63) is 71.0 Å². The summed E-state index contributed by atoms with van der Waals surface area (Å²) in [4.78, 5) is 21.5. The van der Waals surface area contributed by atoms with Crippen molar-refractivity contribution in [2.24, 2.45) is 0 Å². The number of hydrogen-bond donors (Lipinski definition) is 1. The summed E-state index contributed by atoms with van der Waals surface area (Å²) in [6.45, 7) is 5.82. The van der Waals surface area contributed by atoms with E-state index in [1.54, 1.807) is 13.3 Å².